The number of ether oxygens (including phenoxy) is 1. The Labute approximate surface area is 72.2 Å². The standard InChI is InChI=1S/C10H13FO/c1-3-7-12-9-6-4-5-8(2)10(9)11/h4-6H,3,7H2,1-2H3. The SMILES string of the molecule is CCCOc1cccc(C)c1F. The van der Waals surface area contributed by atoms with Crippen LogP contribution >= 0.6 is 0 Å². The first-order valence-electron chi connectivity index (χ1n) is 4.13. The van der Waals surface area contributed by atoms with Crippen LogP contribution in [0.4, 0.5) is 4.39 Å². The van der Waals surface area contributed by atoms with Gasteiger partial charge in [0.15, 0.2) is 11.6 Å². The molecule has 0 radical (unpaired) electrons. The van der Waals surface area contributed by atoms with Crippen LogP contribution in [0.2, 0.25) is 0 Å². The lowest BCUT2D eigenvalue weighted by Gasteiger charge is -2.06. The molecule has 0 aromatic heterocycles. The van der Waals surface area contributed by atoms with Crippen molar-refractivity contribution >= 4 is 0 Å². The summed E-state index contributed by atoms with van der Waals surface area (Å²) in [7, 11) is 0. The first-order chi connectivity index (χ1) is 5.75. The molecule has 1 aromatic carbocycles. The summed E-state index contributed by atoms with van der Waals surface area (Å²) in [6.07, 6.45) is 0.896. The normalized spacial score (nSPS) is 9.92. The van der Waals surface area contributed by atoms with Crippen molar-refractivity contribution in [3.63, 3.8) is 0 Å². The predicted molar refractivity (Wildman–Crippen MR) is 46.9 cm³/mol. The van der Waals surface area contributed by atoms with Crippen LogP contribution < -0.4 is 4.74 Å². The van der Waals surface area contributed by atoms with E-state index in [2.05, 4.69) is 0 Å². The molecule has 2 heteroatoms. The fourth-order valence-corrected chi connectivity index (χ4v) is 0.944. The number of rotatable bonds is 3. The van der Waals surface area contributed by atoms with Crippen molar-refractivity contribution in [3.8, 4) is 5.75 Å². The van der Waals surface area contributed by atoms with Gasteiger partial charge in [-0.3, -0.25) is 0 Å². The van der Waals surface area contributed by atoms with E-state index in [1.165, 1.54) is 0 Å². The number of halogens is 1. The molecule has 0 atom stereocenters. The molecule has 0 N–H and O–H groups in total. The van der Waals surface area contributed by atoms with Crippen molar-refractivity contribution < 1.29 is 9.13 Å². The minimum absolute atomic E-state index is 0.244. The molecule has 0 fully saturated rings. The smallest absolute Gasteiger partial charge is 0.167 e. The molecule has 0 aliphatic carbocycles. The lowest BCUT2D eigenvalue weighted by atomic mass is 10.2. The van der Waals surface area contributed by atoms with Gasteiger partial charge in [0.05, 0.1) is 6.61 Å². The maximum Gasteiger partial charge on any atom is 0.167 e. The van der Waals surface area contributed by atoms with Gasteiger partial charge in [0.2, 0.25) is 0 Å². The fraction of sp³-hybridized carbons (Fsp3) is 0.400. The van der Waals surface area contributed by atoms with E-state index in [0.29, 0.717) is 17.9 Å². The monoisotopic (exact) mass is 168 g/mol. The molecule has 0 heterocycles. The summed E-state index contributed by atoms with van der Waals surface area (Å²) >= 11 is 0. The third kappa shape index (κ3) is 1.97. The van der Waals surface area contributed by atoms with Gasteiger partial charge in [-0.1, -0.05) is 19.1 Å². The molecule has 1 nitrogen and oxygen atoms in total. The fourth-order valence-electron chi connectivity index (χ4n) is 0.944. The van der Waals surface area contributed by atoms with E-state index >= 15 is 0 Å². The van der Waals surface area contributed by atoms with Crippen LogP contribution in [0.25, 0.3) is 0 Å². The number of hydrogen-bond donors (Lipinski definition) is 0. The molecule has 1 rings (SSSR count). The summed E-state index contributed by atoms with van der Waals surface area (Å²) in [5.74, 6) is 0.114. The van der Waals surface area contributed by atoms with Gasteiger partial charge in [-0.05, 0) is 25.0 Å². The molecule has 0 spiro atoms. The van der Waals surface area contributed by atoms with Crippen LogP contribution in [-0.4, -0.2) is 6.61 Å². The van der Waals surface area contributed by atoms with E-state index < -0.39 is 0 Å². The summed E-state index contributed by atoms with van der Waals surface area (Å²) in [6, 6.07) is 5.18. The highest BCUT2D eigenvalue weighted by Crippen LogP contribution is 2.19. The molecule has 0 bridgehead atoms. The van der Waals surface area contributed by atoms with E-state index in [0.717, 1.165) is 6.42 Å². The third-order valence-corrected chi connectivity index (χ3v) is 1.62. The lowest BCUT2D eigenvalue weighted by Crippen LogP contribution is -1.98. The van der Waals surface area contributed by atoms with Crippen molar-refractivity contribution in [2.24, 2.45) is 0 Å². The maximum atomic E-state index is 13.2. The minimum atomic E-state index is -0.244. The summed E-state index contributed by atoms with van der Waals surface area (Å²) in [5, 5.41) is 0. The van der Waals surface area contributed by atoms with Crippen LogP contribution in [0.1, 0.15) is 18.9 Å². The summed E-state index contributed by atoms with van der Waals surface area (Å²) in [4.78, 5) is 0. The highest BCUT2D eigenvalue weighted by molar-refractivity contribution is 5.29. The number of hydrogen-bond acceptors (Lipinski definition) is 1. The highest BCUT2D eigenvalue weighted by atomic mass is 19.1. The van der Waals surface area contributed by atoms with E-state index in [9.17, 15) is 4.39 Å². The molecule has 66 valence electrons. The second-order valence-corrected chi connectivity index (χ2v) is 2.74. The molecule has 0 aliphatic rings. The van der Waals surface area contributed by atoms with Crippen molar-refractivity contribution in [1.29, 1.82) is 0 Å². The second-order valence-electron chi connectivity index (χ2n) is 2.74. The van der Waals surface area contributed by atoms with E-state index in [-0.39, 0.29) is 5.82 Å². The summed E-state index contributed by atoms with van der Waals surface area (Å²) in [5.41, 5.74) is 0.628. The zero-order valence-corrected chi connectivity index (χ0v) is 7.43. The second kappa shape index (κ2) is 4.10. The van der Waals surface area contributed by atoms with Gasteiger partial charge in [-0.2, -0.15) is 0 Å². The Bertz CT molecular complexity index is 258. The lowest BCUT2D eigenvalue weighted by molar-refractivity contribution is 0.300. The molecular formula is C10H13FO. The van der Waals surface area contributed by atoms with Crippen LogP contribution in [0.5, 0.6) is 5.75 Å². The molecule has 1 aromatic rings. The average Bonchev–Trinajstić information content (AvgIpc) is 2.08. The van der Waals surface area contributed by atoms with Gasteiger partial charge >= 0.3 is 0 Å². The Kier molecular flexibility index (Phi) is 3.09. The van der Waals surface area contributed by atoms with Gasteiger partial charge in [0.25, 0.3) is 0 Å². The van der Waals surface area contributed by atoms with Crippen molar-refractivity contribution in [3.05, 3.63) is 29.6 Å². The highest BCUT2D eigenvalue weighted by Gasteiger charge is 2.03. The Morgan fingerprint density at radius 3 is 2.83 bits per heavy atom. The van der Waals surface area contributed by atoms with Crippen LogP contribution in [0.15, 0.2) is 18.2 Å². The van der Waals surface area contributed by atoms with Gasteiger partial charge in [0.1, 0.15) is 0 Å². The zero-order valence-electron chi connectivity index (χ0n) is 7.43. The average molecular weight is 168 g/mol. The molecule has 0 saturated carbocycles. The molecule has 0 aliphatic heterocycles. The van der Waals surface area contributed by atoms with Crippen LogP contribution in [-0.2, 0) is 0 Å². The van der Waals surface area contributed by atoms with E-state index in [1.807, 2.05) is 6.92 Å². The quantitative estimate of drug-likeness (QED) is 0.674. The molecular weight excluding hydrogens is 155 g/mol. The first-order valence-corrected chi connectivity index (χ1v) is 4.13. The van der Waals surface area contributed by atoms with Crippen molar-refractivity contribution in [1.82, 2.24) is 0 Å². The number of aryl methyl sites for hydroxylation is 1. The Morgan fingerprint density at radius 2 is 2.17 bits per heavy atom. The molecule has 0 amide bonds. The molecule has 0 unspecified atom stereocenters. The minimum Gasteiger partial charge on any atom is -0.491 e. The Morgan fingerprint density at radius 1 is 1.42 bits per heavy atom. The van der Waals surface area contributed by atoms with Crippen molar-refractivity contribution in [2.75, 3.05) is 6.61 Å². The van der Waals surface area contributed by atoms with E-state index in [4.69, 9.17) is 4.74 Å². The summed E-state index contributed by atoms with van der Waals surface area (Å²) < 4.78 is 18.4. The van der Waals surface area contributed by atoms with Gasteiger partial charge in [-0.25, -0.2) is 4.39 Å². The van der Waals surface area contributed by atoms with Crippen LogP contribution in [0, 0.1) is 12.7 Å². The molecule has 0 saturated heterocycles. The predicted octanol–water partition coefficient (Wildman–Crippen LogP) is 2.92. The molecule has 12 heavy (non-hydrogen) atoms. The van der Waals surface area contributed by atoms with E-state index in [1.54, 1.807) is 25.1 Å². The van der Waals surface area contributed by atoms with Gasteiger partial charge < -0.3 is 4.74 Å². The summed E-state index contributed by atoms with van der Waals surface area (Å²) in [6.45, 7) is 4.29. The van der Waals surface area contributed by atoms with Crippen molar-refractivity contribution in [2.45, 2.75) is 20.3 Å². The van der Waals surface area contributed by atoms with Crippen LogP contribution in [0.3, 0.4) is 0 Å². The van der Waals surface area contributed by atoms with Gasteiger partial charge in [-0.15, -0.1) is 0 Å². The third-order valence-electron chi connectivity index (χ3n) is 1.62. The van der Waals surface area contributed by atoms with Gasteiger partial charge in [0, 0.05) is 0 Å². The largest absolute Gasteiger partial charge is 0.491 e. The maximum absolute atomic E-state index is 13.2. The topological polar surface area (TPSA) is 9.23 Å². The first kappa shape index (κ1) is 9.04. The Hall–Kier alpha value is -1.05. The Balaban J connectivity index is 2.78. The number of benzene rings is 1. The zero-order chi connectivity index (χ0) is 8.97.